The van der Waals surface area contributed by atoms with Gasteiger partial charge in [-0.25, -0.2) is 4.79 Å². The zero-order chi connectivity index (χ0) is 16.6. The third-order valence-electron chi connectivity index (χ3n) is 3.15. The number of hydrogen-bond acceptors (Lipinski definition) is 4. The maximum Gasteiger partial charge on any atom is 0.349 e. The fourth-order valence-electron chi connectivity index (χ4n) is 2.04. The van der Waals surface area contributed by atoms with Crippen LogP contribution in [0.3, 0.4) is 0 Å². The van der Waals surface area contributed by atoms with Gasteiger partial charge in [0.1, 0.15) is 5.75 Å². The lowest BCUT2D eigenvalue weighted by Crippen LogP contribution is -2.32. The van der Waals surface area contributed by atoms with Gasteiger partial charge in [0.05, 0.1) is 24.3 Å². The van der Waals surface area contributed by atoms with Gasteiger partial charge < -0.3 is 10.1 Å². The molecule has 0 bridgehead atoms. The molecular weight excluding hydrogens is 524 g/mol. The van der Waals surface area contributed by atoms with E-state index in [4.69, 9.17) is 0 Å². The molecule has 6 nitrogen and oxygen atoms in total. The molecule has 0 fully saturated rings. The molecule has 0 unspecified atom stereocenters. The van der Waals surface area contributed by atoms with Crippen molar-refractivity contribution in [1.82, 2.24) is 9.66 Å². The van der Waals surface area contributed by atoms with Gasteiger partial charge in [-0.3, -0.25) is 4.79 Å². The molecule has 0 spiro atoms. The molecule has 3 aromatic rings. The Morgan fingerprint density at radius 2 is 1.78 bits per heavy atom. The zero-order valence-electron chi connectivity index (χ0n) is 11.5. The fourth-order valence-corrected chi connectivity index (χ4v) is 3.86. The van der Waals surface area contributed by atoms with Crippen LogP contribution in [0.2, 0.25) is 0 Å². The molecule has 8 heteroatoms. The molecule has 1 heterocycles. The smallest absolute Gasteiger partial charge is 0.349 e. The van der Waals surface area contributed by atoms with Crippen molar-refractivity contribution in [3.63, 3.8) is 0 Å². The number of H-pyrrole nitrogens is 1. The molecule has 0 atom stereocenters. The number of phenolic OH excluding ortho intramolecular Hbond substituents is 1. The van der Waals surface area contributed by atoms with Gasteiger partial charge in [0, 0.05) is 0 Å². The van der Waals surface area contributed by atoms with E-state index < -0.39 is 11.2 Å². The second kappa shape index (κ2) is 6.43. The summed E-state index contributed by atoms with van der Waals surface area (Å²) in [6, 6.07) is 10.2. The first kappa shape index (κ1) is 16.2. The summed E-state index contributed by atoms with van der Waals surface area (Å²) in [5.74, 6) is 0.198. The van der Waals surface area contributed by atoms with Crippen molar-refractivity contribution in [2.45, 2.75) is 0 Å². The monoisotopic (exact) mass is 533 g/mol. The van der Waals surface area contributed by atoms with Gasteiger partial charge in [-0.15, -0.1) is 4.68 Å². The van der Waals surface area contributed by atoms with E-state index in [1.54, 1.807) is 36.4 Å². The molecule has 116 valence electrons. The van der Waals surface area contributed by atoms with Gasteiger partial charge in [0.25, 0.3) is 5.56 Å². The maximum absolute atomic E-state index is 12.3. The quantitative estimate of drug-likeness (QED) is 0.393. The third kappa shape index (κ3) is 3.17. The predicted molar refractivity (Wildman–Crippen MR) is 105 cm³/mol. The molecule has 0 saturated heterocycles. The van der Waals surface area contributed by atoms with Crippen molar-refractivity contribution < 1.29 is 5.11 Å². The first-order chi connectivity index (χ1) is 11.0. The Morgan fingerprint density at radius 1 is 1.13 bits per heavy atom. The van der Waals surface area contributed by atoms with Crippen LogP contribution >= 0.6 is 45.2 Å². The molecule has 0 aliphatic carbocycles. The molecule has 0 radical (unpaired) electrons. The number of aromatic hydroxyl groups is 1. The number of hydrogen-bond donors (Lipinski definition) is 2. The summed E-state index contributed by atoms with van der Waals surface area (Å²) >= 11 is 4.00. The summed E-state index contributed by atoms with van der Waals surface area (Å²) in [4.78, 5) is 27.0. The van der Waals surface area contributed by atoms with Gasteiger partial charge in [-0.05, 0) is 75.0 Å². The van der Waals surface area contributed by atoms with E-state index in [-0.39, 0.29) is 5.75 Å². The number of halogens is 2. The summed E-state index contributed by atoms with van der Waals surface area (Å²) in [6.07, 6.45) is 1.41. The van der Waals surface area contributed by atoms with Gasteiger partial charge >= 0.3 is 5.69 Å². The number of rotatable bonds is 2. The number of benzene rings is 2. The van der Waals surface area contributed by atoms with E-state index in [9.17, 15) is 14.7 Å². The van der Waals surface area contributed by atoms with E-state index in [0.717, 1.165) is 4.68 Å². The van der Waals surface area contributed by atoms with Crippen LogP contribution in [0.5, 0.6) is 5.75 Å². The summed E-state index contributed by atoms with van der Waals surface area (Å²) in [7, 11) is 0. The van der Waals surface area contributed by atoms with Crippen LogP contribution in [0.15, 0.2) is 51.1 Å². The van der Waals surface area contributed by atoms with Crippen LogP contribution in [0.25, 0.3) is 10.9 Å². The lowest BCUT2D eigenvalue weighted by molar-refractivity contribution is 0.467. The molecule has 0 saturated carbocycles. The van der Waals surface area contributed by atoms with E-state index in [1.165, 1.54) is 6.21 Å². The van der Waals surface area contributed by atoms with Crippen LogP contribution in [0, 0.1) is 7.14 Å². The summed E-state index contributed by atoms with van der Waals surface area (Å²) in [6.45, 7) is 0. The molecule has 2 N–H and O–H groups in total. The normalized spacial score (nSPS) is 11.4. The van der Waals surface area contributed by atoms with Crippen LogP contribution in [-0.2, 0) is 0 Å². The molecule has 3 rings (SSSR count). The topological polar surface area (TPSA) is 87.5 Å². The molecule has 1 aromatic heterocycles. The fraction of sp³-hybridized carbons (Fsp3) is 0. The van der Waals surface area contributed by atoms with Gasteiger partial charge in [-0.1, -0.05) is 12.1 Å². The van der Waals surface area contributed by atoms with Crippen LogP contribution < -0.4 is 11.2 Å². The van der Waals surface area contributed by atoms with E-state index in [0.29, 0.717) is 23.6 Å². The number of aromatic nitrogens is 2. The molecule has 0 aliphatic heterocycles. The molecule has 2 aromatic carbocycles. The van der Waals surface area contributed by atoms with Crippen molar-refractivity contribution in [1.29, 1.82) is 0 Å². The second-order valence-corrected chi connectivity index (χ2v) is 6.99. The number of nitrogens with one attached hydrogen (secondary N) is 1. The Balaban J connectivity index is 2.12. The SMILES string of the molecule is O=c1[nH]c2ccccc2c(=O)n1N=Cc1cc(I)c(O)c(I)c1. The highest BCUT2D eigenvalue weighted by Gasteiger charge is 2.07. The molecule has 0 amide bonds. The lowest BCUT2D eigenvalue weighted by atomic mass is 10.2. The summed E-state index contributed by atoms with van der Waals surface area (Å²) < 4.78 is 2.11. The highest BCUT2D eigenvalue weighted by molar-refractivity contribution is 14.1. The Hall–Kier alpha value is -1.69. The predicted octanol–water partition coefficient (Wildman–Crippen LogP) is 2.49. The maximum atomic E-state index is 12.3. The Bertz CT molecular complexity index is 1030. The summed E-state index contributed by atoms with van der Waals surface area (Å²) in [5, 5.41) is 14.1. The minimum atomic E-state index is -0.604. The Labute approximate surface area is 157 Å². The van der Waals surface area contributed by atoms with Crippen molar-refractivity contribution in [3.8, 4) is 5.75 Å². The number of aromatic amines is 1. The van der Waals surface area contributed by atoms with Crippen molar-refractivity contribution in [3.05, 3.63) is 69.9 Å². The van der Waals surface area contributed by atoms with Crippen molar-refractivity contribution in [2.24, 2.45) is 5.10 Å². The standard InChI is InChI=1S/C15H9I2N3O3/c16-10-5-8(6-11(17)13(10)21)7-18-20-14(22)9-3-1-2-4-12(9)19-15(20)23/h1-7,21H,(H,19,23). The number of fused-ring (bicyclic) bond motifs is 1. The average molecular weight is 533 g/mol. The van der Waals surface area contributed by atoms with Crippen LogP contribution in [0.1, 0.15) is 5.56 Å². The second-order valence-electron chi connectivity index (χ2n) is 4.67. The van der Waals surface area contributed by atoms with Crippen molar-refractivity contribution >= 4 is 62.3 Å². The van der Waals surface area contributed by atoms with Gasteiger partial charge in [0.15, 0.2) is 0 Å². The summed E-state index contributed by atoms with van der Waals surface area (Å²) in [5.41, 5.74) is 0.0654. The number of para-hydroxylation sites is 1. The van der Waals surface area contributed by atoms with Crippen molar-refractivity contribution in [2.75, 3.05) is 0 Å². The van der Waals surface area contributed by atoms with E-state index in [2.05, 4.69) is 10.1 Å². The minimum Gasteiger partial charge on any atom is -0.506 e. The largest absolute Gasteiger partial charge is 0.506 e. The highest BCUT2D eigenvalue weighted by Crippen LogP contribution is 2.26. The molecule has 23 heavy (non-hydrogen) atoms. The lowest BCUT2D eigenvalue weighted by Gasteiger charge is -2.03. The van der Waals surface area contributed by atoms with Gasteiger partial charge in [-0.2, -0.15) is 5.10 Å². The number of nitrogens with zero attached hydrogens (tertiary/aromatic N) is 2. The van der Waals surface area contributed by atoms with Crippen LogP contribution in [-0.4, -0.2) is 21.0 Å². The number of phenols is 1. The Morgan fingerprint density at radius 3 is 2.48 bits per heavy atom. The van der Waals surface area contributed by atoms with Crippen LogP contribution in [0.4, 0.5) is 0 Å². The first-order valence-electron chi connectivity index (χ1n) is 6.44. The molecule has 0 aliphatic rings. The Kier molecular flexibility index (Phi) is 4.53. The van der Waals surface area contributed by atoms with Gasteiger partial charge in [0.2, 0.25) is 0 Å². The van der Waals surface area contributed by atoms with E-state index >= 15 is 0 Å². The highest BCUT2D eigenvalue weighted by atomic mass is 127. The average Bonchev–Trinajstić information content (AvgIpc) is 2.52. The van der Waals surface area contributed by atoms with E-state index in [1.807, 2.05) is 45.2 Å². The third-order valence-corrected chi connectivity index (χ3v) is 4.79. The first-order valence-corrected chi connectivity index (χ1v) is 8.59. The zero-order valence-corrected chi connectivity index (χ0v) is 15.8. The minimum absolute atomic E-state index is 0.198. The molecular formula is C15H9I2N3O3.